The topological polar surface area (TPSA) is 53.9 Å². The van der Waals surface area contributed by atoms with Crippen LogP contribution in [0.25, 0.3) is 49.6 Å². The predicted octanol–water partition coefficient (Wildman–Crippen LogP) is 12.1. The zero-order chi connectivity index (χ0) is 33.7. The number of aliphatic imine (C=N–C) groups is 1. The second-order valence-corrected chi connectivity index (χ2v) is 12.8. The second-order valence-electron chi connectivity index (χ2n) is 12.8. The summed E-state index contributed by atoms with van der Waals surface area (Å²) < 4.78 is 13.2. The number of furan rings is 2. The Hall–Kier alpha value is -6.85. The van der Waals surface area contributed by atoms with Crippen LogP contribution < -0.4 is 10.2 Å². The Balaban J connectivity index is 1.19. The van der Waals surface area contributed by atoms with Gasteiger partial charge in [0.1, 0.15) is 22.9 Å². The van der Waals surface area contributed by atoms with Crippen LogP contribution in [-0.4, -0.2) is 5.71 Å². The first-order valence-corrected chi connectivity index (χ1v) is 17.2. The Bertz CT molecular complexity index is 2780. The number of allylic oxidation sites excluding steroid dienone is 1. The van der Waals surface area contributed by atoms with Crippen molar-refractivity contribution in [3.8, 4) is 0 Å². The Morgan fingerprint density at radius 1 is 0.510 bits per heavy atom. The number of hydrogen-bond acceptors (Lipinski definition) is 5. The lowest BCUT2D eigenvalue weighted by atomic mass is 9.98. The molecule has 1 N–H and O–H groups in total. The first-order valence-electron chi connectivity index (χ1n) is 17.2. The first kappa shape index (κ1) is 29.1. The minimum Gasteiger partial charge on any atom is -0.456 e. The zero-order valence-corrected chi connectivity index (χ0v) is 27.5. The van der Waals surface area contributed by atoms with Crippen molar-refractivity contribution in [2.24, 2.45) is 4.99 Å². The fourth-order valence-electron chi connectivity index (χ4n) is 7.33. The van der Waals surface area contributed by atoms with Crippen molar-refractivity contribution in [1.82, 2.24) is 5.32 Å². The van der Waals surface area contributed by atoms with Gasteiger partial charge in [-0.1, -0.05) is 121 Å². The minimum atomic E-state index is -0.366. The van der Waals surface area contributed by atoms with Crippen LogP contribution in [0.15, 0.2) is 190 Å². The third-order valence-electron chi connectivity index (χ3n) is 9.70. The molecule has 1 unspecified atom stereocenters. The van der Waals surface area contributed by atoms with Crippen molar-refractivity contribution >= 4 is 72.3 Å². The molecule has 0 amide bonds. The molecule has 10 rings (SSSR count). The summed E-state index contributed by atoms with van der Waals surface area (Å²) in [4.78, 5) is 7.60. The highest BCUT2D eigenvalue weighted by atomic mass is 16.3. The van der Waals surface area contributed by atoms with E-state index in [-0.39, 0.29) is 6.17 Å². The fourth-order valence-corrected chi connectivity index (χ4v) is 7.33. The smallest absolute Gasteiger partial charge is 0.159 e. The number of benzene rings is 7. The first-order chi connectivity index (χ1) is 25.3. The summed E-state index contributed by atoms with van der Waals surface area (Å²) in [7, 11) is 0. The maximum absolute atomic E-state index is 6.84. The van der Waals surface area contributed by atoms with Crippen molar-refractivity contribution in [2.45, 2.75) is 6.17 Å². The Kier molecular flexibility index (Phi) is 6.81. The molecule has 0 saturated heterocycles. The van der Waals surface area contributed by atoms with Crippen LogP contribution in [0.2, 0.25) is 0 Å². The SMILES string of the molecule is C1=C(c2ccccc2)NC(c2ccc(N(c3ccccc3)c3ccc4c(c3)oc3ccccc34)c3oc4ccccc4c23)N=C1c1ccccc1. The van der Waals surface area contributed by atoms with Gasteiger partial charge < -0.3 is 19.1 Å². The monoisotopic (exact) mass is 657 g/mol. The summed E-state index contributed by atoms with van der Waals surface area (Å²) in [5, 5.41) is 8.04. The van der Waals surface area contributed by atoms with Gasteiger partial charge in [0.05, 0.1) is 17.1 Å². The van der Waals surface area contributed by atoms with Gasteiger partial charge in [0, 0.05) is 44.6 Å². The molecule has 5 heteroatoms. The van der Waals surface area contributed by atoms with Gasteiger partial charge in [-0.3, -0.25) is 4.99 Å². The average Bonchev–Trinajstić information content (AvgIpc) is 3.78. The van der Waals surface area contributed by atoms with Crippen LogP contribution in [0, 0.1) is 0 Å². The van der Waals surface area contributed by atoms with Crippen LogP contribution in [0.3, 0.4) is 0 Å². The van der Waals surface area contributed by atoms with Gasteiger partial charge in [-0.2, -0.15) is 0 Å². The van der Waals surface area contributed by atoms with Gasteiger partial charge in [0.2, 0.25) is 0 Å². The third-order valence-corrected chi connectivity index (χ3v) is 9.70. The molecule has 7 aromatic carbocycles. The van der Waals surface area contributed by atoms with E-state index in [9.17, 15) is 0 Å². The third kappa shape index (κ3) is 4.98. The summed E-state index contributed by atoms with van der Waals surface area (Å²) in [5.74, 6) is 0. The van der Waals surface area contributed by atoms with Crippen LogP contribution in [0.5, 0.6) is 0 Å². The molecular weight excluding hydrogens is 627 g/mol. The number of nitrogens with zero attached hydrogens (tertiary/aromatic N) is 2. The van der Waals surface area contributed by atoms with Crippen molar-refractivity contribution in [2.75, 3.05) is 4.90 Å². The molecule has 0 radical (unpaired) electrons. The molecule has 0 bridgehead atoms. The van der Waals surface area contributed by atoms with Gasteiger partial charge in [0.25, 0.3) is 0 Å². The molecule has 5 nitrogen and oxygen atoms in total. The van der Waals surface area contributed by atoms with E-state index < -0.39 is 0 Å². The van der Waals surface area contributed by atoms with Gasteiger partial charge >= 0.3 is 0 Å². The number of nitrogens with one attached hydrogen (secondary N) is 1. The van der Waals surface area contributed by atoms with Crippen LogP contribution in [0.4, 0.5) is 17.1 Å². The normalized spacial score (nSPS) is 14.5. The van der Waals surface area contributed by atoms with Crippen molar-refractivity contribution in [1.29, 1.82) is 0 Å². The van der Waals surface area contributed by atoms with Crippen molar-refractivity contribution in [3.63, 3.8) is 0 Å². The van der Waals surface area contributed by atoms with Crippen LogP contribution in [-0.2, 0) is 0 Å². The lowest BCUT2D eigenvalue weighted by Gasteiger charge is -2.28. The van der Waals surface area contributed by atoms with Crippen molar-refractivity contribution in [3.05, 3.63) is 193 Å². The van der Waals surface area contributed by atoms with Crippen LogP contribution >= 0.6 is 0 Å². The molecule has 2 aromatic heterocycles. The number of fused-ring (bicyclic) bond motifs is 6. The molecule has 0 aliphatic carbocycles. The Morgan fingerprint density at radius 3 is 1.90 bits per heavy atom. The van der Waals surface area contributed by atoms with E-state index in [0.717, 1.165) is 89.0 Å². The molecule has 1 aliphatic heterocycles. The summed E-state index contributed by atoms with van der Waals surface area (Å²) >= 11 is 0. The fraction of sp³-hybridized carbons (Fsp3) is 0.0217. The molecule has 242 valence electrons. The van der Waals surface area contributed by atoms with Gasteiger partial charge in [-0.05, 0) is 59.7 Å². The number of hydrogen-bond donors (Lipinski definition) is 1. The molecule has 3 heterocycles. The lowest BCUT2D eigenvalue weighted by Crippen LogP contribution is -2.25. The number of anilines is 3. The van der Waals surface area contributed by atoms with E-state index in [1.54, 1.807) is 0 Å². The van der Waals surface area contributed by atoms with E-state index in [1.807, 2.05) is 48.5 Å². The van der Waals surface area contributed by atoms with E-state index in [0.29, 0.717) is 0 Å². The maximum atomic E-state index is 6.84. The Morgan fingerprint density at radius 2 is 1.14 bits per heavy atom. The van der Waals surface area contributed by atoms with Crippen molar-refractivity contribution < 1.29 is 8.83 Å². The van der Waals surface area contributed by atoms with E-state index >= 15 is 0 Å². The molecule has 0 saturated carbocycles. The maximum Gasteiger partial charge on any atom is 0.159 e. The molecular formula is C46H31N3O2. The summed E-state index contributed by atoms with van der Waals surface area (Å²) in [6.07, 6.45) is 1.78. The summed E-state index contributed by atoms with van der Waals surface area (Å²) in [5.41, 5.74) is 11.4. The molecule has 51 heavy (non-hydrogen) atoms. The molecule has 1 aliphatic rings. The number of rotatable bonds is 6. The summed E-state index contributed by atoms with van der Waals surface area (Å²) in [6.45, 7) is 0. The van der Waals surface area contributed by atoms with Gasteiger partial charge in [-0.15, -0.1) is 0 Å². The highest BCUT2D eigenvalue weighted by molar-refractivity contribution is 6.15. The molecule has 9 aromatic rings. The Labute approximate surface area is 294 Å². The highest BCUT2D eigenvalue weighted by Crippen LogP contribution is 2.46. The van der Waals surface area contributed by atoms with Gasteiger partial charge in [0.15, 0.2) is 5.58 Å². The lowest BCUT2D eigenvalue weighted by molar-refractivity contribution is 0.658. The van der Waals surface area contributed by atoms with E-state index in [2.05, 4.69) is 138 Å². The molecule has 0 spiro atoms. The highest BCUT2D eigenvalue weighted by Gasteiger charge is 2.27. The standard InChI is InChI=1S/C46H31N3O2/c1-4-14-30(15-5-1)38-29-39(31-16-6-2-7-17-31)48-46(47-38)37-26-27-40(45-44(37)36-21-11-13-23-42(36)51-45)49(32-18-8-3-9-19-32)33-24-25-35-34-20-10-12-22-41(34)50-43(35)28-33/h1-29,46-47H. The summed E-state index contributed by atoms with van der Waals surface area (Å²) in [6, 6.07) is 58.5. The molecule has 0 fully saturated rings. The van der Waals surface area contributed by atoms with Crippen LogP contribution in [0.1, 0.15) is 22.9 Å². The predicted molar refractivity (Wildman–Crippen MR) is 209 cm³/mol. The van der Waals surface area contributed by atoms with Gasteiger partial charge in [-0.25, -0.2) is 0 Å². The van der Waals surface area contributed by atoms with E-state index in [1.165, 1.54) is 0 Å². The quantitative estimate of drug-likeness (QED) is 0.193. The largest absolute Gasteiger partial charge is 0.456 e. The molecule has 1 atom stereocenters. The zero-order valence-electron chi connectivity index (χ0n) is 27.5. The number of para-hydroxylation sites is 3. The minimum absolute atomic E-state index is 0.366. The average molecular weight is 658 g/mol. The second kappa shape index (κ2) is 11.9. The van der Waals surface area contributed by atoms with E-state index in [4.69, 9.17) is 13.8 Å².